The van der Waals surface area contributed by atoms with Gasteiger partial charge in [-0.2, -0.15) is 0 Å². The summed E-state index contributed by atoms with van der Waals surface area (Å²) in [6.07, 6.45) is 8.62. The van der Waals surface area contributed by atoms with Crippen LogP contribution >= 0.6 is 0 Å². The molecule has 2 aromatic rings. The summed E-state index contributed by atoms with van der Waals surface area (Å²) in [5.41, 5.74) is 1.28. The lowest BCUT2D eigenvalue weighted by Gasteiger charge is -2.40. The summed E-state index contributed by atoms with van der Waals surface area (Å²) in [7, 11) is -2.42. The summed E-state index contributed by atoms with van der Waals surface area (Å²) in [6, 6.07) is 6.05. The maximum Gasteiger partial charge on any atom is 0.199 e. The van der Waals surface area contributed by atoms with Gasteiger partial charge in [0.25, 0.3) is 0 Å². The Bertz CT molecular complexity index is 1680. The van der Waals surface area contributed by atoms with Crippen LogP contribution in [-0.4, -0.2) is 50.5 Å². The maximum absolute atomic E-state index is 17.1. The minimum atomic E-state index is -2.42. The van der Waals surface area contributed by atoms with Gasteiger partial charge in [-0.25, -0.2) is 17.7 Å². The molecule has 3 aliphatic heterocycles. The zero-order valence-electron chi connectivity index (χ0n) is 25.8. The molecule has 1 aliphatic carbocycles. The molecule has 1 atom stereocenters. The van der Waals surface area contributed by atoms with Gasteiger partial charge in [-0.1, -0.05) is 46.9 Å². The van der Waals surface area contributed by atoms with Crippen LogP contribution in [0.5, 0.6) is 0 Å². The molecule has 43 heavy (non-hydrogen) atoms. The monoisotopic (exact) mass is 604 g/mol. The van der Waals surface area contributed by atoms with Crippen molar-refractivity contribution in [3.63, 3.8) is 0 Å². The fourth-order valence-corrected chi connectivity index (χ4v) is 10.4. The average Bonchev–Trinajstić information content (AvgIpc) is 2.87. The molecule has 2 aromatic carbocycles. The third-order valence-electron chi connectivity index (χ3n) is 9.94. The van der Waals surface area contributed by atoms with Gasteiger partial charge in [0, 0.05) is 47.6 Å². The number of anilines is 1. The molecule has 1 unspecified atom stereocenters. The van der Waals surface area contributed by atoms with Gasteiger partial charge in [-0.15, -0.1) is 0 Å². The third-order valence-corrected chi connectivity index (χ3v) is 13.5. The minimum Gasteiger partial charge on any atom is -0.545 e. The number of aromatic carboxylic acids is 1. The van der Waals surface area contributed by atoms with Crippen molar-refractivity contribution < 1.29 is 27.6 Å². The van der Waals surface area contributed by atoms with E-state index < -0.39 is 59.5 Å². The van der Waals surface area contributed by atoms with Crippen molar-refractivity contribution in [3.8, 4) is 0 Å². The van der Waals surface area contributed by atoms with Crippen LogP contribution in [0.15, 0.2) is 47.2 Å². The van der Waals surface area contributed by atoms with Crippen LogP contribution in [0, 0.1) is 22.9 Å². The number of rotatable bonds is 5. The van der Waals surface area contributed by atoms with Crippen molar-refractivity contribution >= 4 is 36.2 Å². The Morgan fingerprint density at radius 3 is 2.28 bits per heavy atom. The number of carbonyl (C=O) groups is 1. The van der Waals surface area contributed by atoms with Crippen LogP contribution in [-0.2, 0) is 0 Å². The highest BCUT2D eigenvalue weighted by molar-refractivity contribution is 6.98. The molecule has 2 saturated heterocycles. The molecule has 3 heterocycles. The zero-order chi connectivity index (χ0) is 31.0. The average molecular weight is 605 g/mol. The van der Waals surface area contributed by atoms with Gasteiger partial charge in [-0.3, -0.25) is 0 Å². The Morgan fingerprint density at radius 2 is 1.74 bits per heavy atom. The first-order valence-electron chi connectivity index (χ1n) is 15.4. The number of benzene rings is 2. The van der Waals surface area contributed by atoms with Crippen molar-refractivity contribution in [2.24, 2.45) is 5.41 Å². The molecule has 0 saturated carbocycles. The van der Waals surface area contributed by atoms with E-state index in [4.69, 9.17) is 0 Å². The second-order valence-electron chi connectivity index (χ2n) is 13.9. The Labute approximate surface area is 252 Å². The smallest absolute Gasteiger partial charge is 0.199 e. The van der Waals surface area contributed by atoms with E-state index in [0.29, 0.717) is 23.1 Å². The number of hydrogen-bond donors (Lipinski definition) is 0. The van der Waals surface area contributed by atoms with E-state index in [2.05, 4.69) is 34.7 Å². The second-order valence-corrected chi connectivity index (χ2v) is 18.2. The number of carboxylic acids is 1. The molecule has 0 amide bonds. The third kappa shape index (κ3) is 4.55. The number of carbonyl (C=O) groups excluding carboxylic acids is 1. The Hall–Kier alpha value is -3.39. The van der Waals surface area contributed by atoms with Crippen molar-refractivity contribution in [1.82, 2.24) is 0 Å². The highest BCUT2D eigenvalue weighted by Gasteiger charge is 2.44. The first-order chi connectivity index (χ1) is 20.3. The predicted octanol–water partition coefficient (Wildman–Crippen LogP) is 5.84. The molecular formula is C35H39F3N2O2Si. The molecule has 0 spiro atoms. The van der Waals surface area contributed by atoms with E-state index >= 15 is 13.2 Å². The summed E-state index contributed by atoms with van der Waals surface area (Å²) < 4.78 is 51.1. The normalized spacial score (nSPS) is 19.8. The number of halogens is 3. The maximum atomic E-state index is 17.1. The molecule has 4 aliphatic rings. The number of nitrogens with zero attached hydrogens (tertiary/aromatic N) is 2. The number of carboxylic acid groups (broad SMARTS) is 1. The van der Waals surface area contributed by atoms with Crippen LogP contribution in [0.3, 0.4) is 0 Å². The Kier molecular flexibility index (Phi) is 7.15. The zero-order valence-corrected chi connectivity index (χ0v) is 26.8. The van der Waals surface area contributed by atoms with Crippen LogP contribution < -0.4 is 15.2 Å². The summed E-state index contributed by atoms with van der Waals surface area (Å²) in [5.74, 6) is -6.66. The molecule has 0 bridgehead atoms. The molecule has 0 aromatic heterocycles. The Morgan fingerprint density at radius 1 is 1.05 bits per heavy atom. The lowest BCUT2D eigenvalue weighted by Crippen LogP contribution is -2.50. The van der Waals surface area contributed by atoms with E-state index in [1.54, 1.807) is 6.92 Å². The SMILES string of the molecule is CCC(c1c(F)c(F)c(C(=O)[O-])c(C2=C3C=CC(=[N+]4CCC4)C=C3[Si](C)(C)c3cc(N4CCC4)ccc32)c1F)C(C)(C)C. The van der Waals surface area contributed by atoms with Crippen molar-refractivity contribution in [3.05, 3.63) is 86.9 Å². The molecule has 226 valence electrons. The highest BCUT2D eigenvalue weighted by Crippen LogP contribution is 2.48. The second kappa shape index (κ2) is 10.4. The number of allylic oxidation sites excluding steroid dienone is 5. The van der Waals surface area contributed by atoms with Gasteiger partial charge in [0.05, 0.1) is 12.4 Å². The van der Waals surface area contributed by atoms with E-state index in [9.17, 15) is 9.90 Å². The van der Waals surface area contributed by atoms with Crippen molar-refractivity contribution in [1.29, 1.82) is 0 Å². The highest BCUT2D eigenvalue weighted by atomic mass is 28.3. The van der Waals surface area contributed by atoms with Crippen LogP contribution in [0.25, 0.3) is 5.57 Å². The van der Waals surface area contributed by atoms with E-state index in [1.165, 1.54) is 0 Å². The topological polar surface area (TPSA) is 46.4 Å². The molecule has 2 fully saturated rings. The fourth-order valence-electron chi connectivity index (χ4n) is 7.30. The largest absolute Gasteiger partial charge is 0.545 e. The molecule has 8 heteroatoms. The Balaban J connectivity index is 1.73. The standard InChI is InChI=1S/C35H39F3N2O2Si/c1-7-24(35(2,3)4)28-31(36)29(30(34(41)42)33(38)32(28)37)27-22-12-10-20(39-14-8-15-39)18-25(22)43(5,6)26-19-21(11-13-23(26)27)40-16-9-17-40/h10-13,18-19,24H,7-9,14-17H2,1-6H3. The summed E-state index contributed by atoms with van der Waals surface area (Å²) in [6.45, 7) is 15.7. The first-order valence-corrected chi connectivity index (χ1v) is 18.4. The van der Waals surface area contributed by atoms with E-state index in [1.807, 2.05) is 45.1 Å². The van der Waals surface area contributed by atoms with Gasteiger partial charge in [0.1, 0.15) is 27.0 Å². The quantitative estimate of drug-likeness (QED) is 0.245. The predicted molar refractivity (Wildman–Crippen MR) is 166 cm³/mol. The first kappa shape index (κ1) is 29.7. The van der Waals surface area contributed by atoms with Gasteiger partial charge >= 0.3 is 0 Å². The molecule has 0 radical (unpaired) electrons. The van der Waals surface area contributed by atoms with Crippen molar-refractivity contribution in [2.45, 2.75) is 66.0 Å². The van der Waals surface area contributed by atoms with Gasteiger partial charge < -0.3 is 14.8 Å². The lowest BCUT2D eigenvalue weighted by atomic mass is 9.73. The molecular weight excluding hydrogens is 565 g/mol. The summed E-state index contributed by atoms with van der Waals surface area (Å²) in [4.78, 5) is 14.9. The molecule has 4 nitrogen and oxygen atoms in total. The van der Waals surface area contributed by atoms with Crippen molar-refractivity contribution in [2.75, 3.05) is 31.1 Å². The summed E-state index contributed by atoms with van der Waals surface area (Å²) >= 11 is 0. The van der Waals surface area contributed by atoms with Gasteiger partial charge in [-0.05, 0) is 69.5 Å². The van der Waals surface area contributed by atoms with Crippen LogP contribution in [0.1, 0.15) is 79.9 Å². The molecule has 0 N–H and O–H groups in total. The lowest BCUT2D eigenvalue weighted by molar-refractivity contribution is -0.582. The number of fused-ring (bicyclic) bond motifs is 2. The van der Waals surface area contributed by atoms with Gasteiger partial charge in [0.2, 0.25) is 0 Å². The van der Waals surface area contributed by atoms with E-state index in [0.717, 1.165) is 60.8 Å². The van der Waals surface area contributed by atoms with Crippen LogP contribution in [0.4, 0.5) is 18.9 Å². The number of hydrogen-bond acceptors (Lipinski definition) is 3. The molecule has 6 rings (SSSR count). The van der Waals surface area contributed by atoms with Crippen LogP contribution in [0.2, 0.25) is 13.1 Å². The fraction of sp³-hybridized carbons (Fsp3) is 0.429. The minimum absolute atomic E-state index is 0.294. The summed E-state index contributed by atoms with van der Waals surface area (Å²) in [5, 5.41) is 14.6. The van der Waals surface area contributed by atoms with E-state index in [-0.39, 0.29) is 0 Å². The van der Waals surface area contributed by atoms with Gasteiger partial charge in [0.15, 0.2) is 17.3 Å².